The second-order valence-corrected chi connectivity index (χ2v) is 3.85. The first-order chi connectivity index (χ1) is 7.29. The van der Waals surface area contributed by atoms with Crippen molar-refractivity contribution in [1.29, 1.82) is 0 Å². The highest BCUT2D eigenvalue weighted by Crippen LogP contribution is 2.16. The molecule has 1 atom stereocenters. The molecule has 0 aliphatic carbocycles. The van der Waals surface area contributed by atoms with Gasteiger partial charge in [-0.25, -0.2) is 4.39 Å². The van der Waals surface area contributed by atoms with E-state index in [4.69, 9.17) is 4.74 Å². The van der Waals surface area contributed by atoms with E-state index in [2.05, 4.69) is 16.9 Å². The van der Waals surface area contributed by atoms with Gasteiger partial charge in [0.15, 0.2) is 0 Å². The number of hydrogen-bond donors (Lipinski definition) is 0. The summed E-state index contributed by atoms with van der Waals surface area (Å²) >= 11 is 0. The monoisotopic (exact) mass is 210 g/mol. The average molecular weight is 210 g/mol. The van der Waals surface area contributed by atoms with Crippen LogP contribution in [0.4, 0.5) is 4.39 Å². The molecule has 0 bridgehead atoms. The Hall–Kier alpha value is -1.16. The minimum absolute atomic E-state index is 0.447. The smallest absolute Gasteiger partial charge is 0.137 e. The second-order valence-electron chi connectivity index (χ2n) is 3.85. The third-order valence-corrected chi connectivity index (χ3v) is 2.82. The number of nitrogens with zero attached hydrogens (tertiary/aromatic N) is 2. The van der Waals surface area contributed by atoms with Crippen molar-refractivity contribution in [3.63, 3.8) is 0 Å². The highest BCUT2D eigenvalue weighted by Gasteiger charge is 2.24. The Kier molecular flexibility index (Phi) is 3.16. The molecule has 0 spiro atoms. The lowest BCUT2D eigenvalue weighted by molar-refractivity contribution is 0.0767. The van der Waals surface area contributed by atoms with E-state index < -0.39 is 6.67 Å². The Morgan fingerprint density at radius 2 is 2.47 bits per heavy atom. The predicted molar refractivity (Wildman–Crippen MR) is 55.6 cm³/mol. The number of likely N-dealkylation sites (tertiary alicyclic amines) is 1. The molecule has 0 aromatic carbocycles. The van der Waals surface area contributed by atoms with Crippen LogP contribution in [0.2, 0.25) is 0 Å². The van der Waals surface area contributed by atoms with E-state index in [1.54, 1.807) is 18.3 Å². The van der Waals surface area contributed by atoms with Gasteiger partial charge in [-0.15, -0.1) is 0 Å². The van der Waals surface area contributed by atoms with Crippen LogP contribution in [-0.4, -0.2) is 36.1 Å². The van der Waals surface area contributed by atoms with Gasteiger partial charge in [0.2, 0.25) is 0 Å². The highest BCUT2D eigenvalue weighted by atomic mass is 19.1. The van der Waals surface area contributed by atoms with E-state index in [0.29, 0.717) is 24.1 Å². The van der Waals surface area contributed by atoms with Gasteiger partial charge in [-0.3, -0.25) is 9.88 Å². The van der Waals surface area contributed by atoms with Crippen molar-refractivity contribution in [3.05, 3.63) is 24.0 Å². The second kappa shape index (κ2) is 4.57. The van der Waals surface area contributed by atoms with Gasteiger partial charge in [0.1, 0.15) is 19.0 Å². The molecule has 15 heavy (non-hydrogen) atoms. The molecule has 2 heterocycles. The first-order valence-electron chi connectivity index (χ1n) is 5.13. The molecule has 4 heteroatoms. The van der Waals surface area contributed by atoms with Gasteiger partial charge in [0.25, 0.3) is 0 Å². The molecule has 1 fully saturated rings. The molecule has 0 saturated carbocycles. The number of ether oxygens (including phenoxy) is 1. The van der Waals surface area contributed by atoms with Crippen molar-refractivity contribution >= 4 is 0 Å². The fourth-order valence-corrected chi connectivity index (χ4v) is 1.55. The van der Waals surface area contributed by atoms with Crippen LogP contribution in [0.1, 0.15) is 12.1 Å². The molecule has 0 N–H and O–H groups in total. The number of aromatic nitrogens is 1. The lowest BCUT2D eigenvalue weighted by atomic mass is 10.1. The molecule has 1 aromatic rings. The normalized spacial score (nSPS) is 21.1. The number of hydrogen-bond acceptors (Lipinski definition) is 3. The average Bonchev–Trinajstić information content (AvgIpc) is 2.28. The van der Waals surface area contributed by atoms with Crippen molar-refractivity contribution in [2.75, 3.05) is 20.2 Å². The fourth-order valence-electron chi connectivity index (χ4n) is 1.55. The number of likely N-dealkylation sites (N-methyl/N-ethyl adjacent to an activating group) is 1. The molecule has 0 amide bonds. The van der Waals surface area contributed by atoms with Crippen LogP contribution in [0.3, 0.4) is 0 Å². The summed E-state index contributed by atoms with van der Waals surface area (Å²) in [5, 5.41) is 0. The number of alkyl halides is 1. The van der Waals surface area contributed by atoms with Gasteiger partial charge in [0, 0.05) is 6.04 Å². The molecule has 1 aliphatic heterocycles. The Morgan fingerprint density at radius 1 is 1.60 bits per heavy atom. The van der Waals surface area contributed by atoms with E-state index in [9.17, 15) is 4.39 Å². The maximum absolute atomic E-state index is 12.2. The minimum Gasteiger partial charge on any atom is -0.490 e. The van der Waals surface area contributed by atoms with Crippen LogP contribution in [0.25, 0.3) is 0 Å². The van der Waals surface area contributed by atoms with Crippen LogP contribution in [0.15, 0.2) is 18.3 Å². The van der Waals surface area contributed by atoms with Crippen molar-refractivity contribution in [2.45, 2.75) is 19.1 Å². The standard InChI is InChI=1S/C11H15FN2O/c1-14-5-4-10(14)8-15-11-3-2-9(6-12)13-7-11/h2-3,7,10H,4-6,8H2,1H3. The van der Waals surface area contributed by atoms with E-state index in [1.165, 1.54) is 6.42 Å². The fraction of sp³-hybridized carbons (Fsp3) is 0.545. The molecular weight excluding hydrogens is 195 g/mol. The van der Waals surface area contributed by atoms with E-state index >= 15 is 0 Å². The maximum atomic E-state index is 12.2. The van der Waals surface area contributed by atoms with Gasteiger partial charge < -0.3 is 4.74 Å². The maximum Gasteiger partial charge on any atom is 0.137 e. The summed E-state index contributed by atoms with van der Waals surface area (Å²) in [6.45, 7) is 1.31. The highest BCUT2D eigenvalue weighted by molar-refractivity contribution is 5.19. The van der Waals surface area contributed by atoms with Crippen molar-refractivity contribution in [1.82, 2.24) is 9.88 Å². The Labute approximate surface area is 88.9 Å². The summed E-state index contributed by atoms with van der Waals surface area (Å²) in [7, 11) is 2.09. The predicted octanol–water partition coefficient (Wildman–Crippen LogP) is 1.63. The van der Waals surface area contributed by atoms with Gasteiger partial charge >= 0.3 is 0 Å². The zero-order valence-corrected chi connectivity index (χ0v) is 8.82. The SMILES string of the molecule is CN1CCC1COc1ccc(CF)nc1. The Morgan fingerprint density at radius 3 is 2.93 bits per heavy atom. The van der Waals surface area contributed by atoms with Gasteiger partial charge in [-0.1, -0.05) is 0 Å². The molecular formula is C11H15FN2O. The van der Waals surface area contributed by atoms with Gasteiger partial charge in [0.05, 0.1) is 11.9 Å². The largest absolute Gasteiger partial charge is 0.490 e. The third-order valence-electron chi connectivity index (χ3n) is 2.82. The topological polar surface area (TPSA) is 25.4 Å². The summed E-state index contributed by atoms with van der Waals surface area (Å²) < 4.78 is 17.7. The van der Waals surface area contributed by atoms with E-state index in [1.807, 2.05) is 0 Å². The summed E-state index contributed by atoms with van der Waals surface area (Å²) in [4.78, 5) is 6.18. The summed E-state index contributed by atoms with van der Waals surface area (Å²) in [5.74, 6) is 0.715. The first kappa shape index (κ1) is 10.4. The lowest BCUT2D eigenvalue weighted by Gasteiger charge is -2.37. The molecule has 1 saturated heterocycles. The molecule has 2 rings (SSSR count). The summed E-state index contributed by atoms with van der Waals surface area (Å²) in [6, 6.07) is 3.94. The Bertz CT molecular complexity index is 315. The molecule has 82 valence electrons. The van der Waals surface area contributed by atoms with E-state index in [-0.39, 0.29) is 0 Å². The van der Waals surface area contributed by atoms with E-state index in [0.717, 1.165) is 6.54 Å². The third kappa shape index (κ3) is 2.45. The molecule has 1 unspecified atom stereocenters. The number of rotatable bonds is 4. The van der Waals surface area contributed by atoms with Gasteiger partial charge in [-0.05, 0) is 32.1 Å². The molecule has 1 aliphatic rings. The van der Waals surface area contributed by atoms with Gasteiger partial charge in [-0.2, -0.15) is 0 Å². The minimum atomic E-state index is -0.522. The van der Waals surface area contributed by atoms with Crippen LogP contribution >= 0.6 is 0 Å². The first-order valence-corrected chi connectivity index (χ1v) is 5.13. The van der Waals surface area contributed by atoms with Crippen LogP contribution in [0.5, 0.6) is 5.75 Å². The van der Waals surface area contributed by atoms with Crippen LogP contribution in [-0.2, 0) is 6.67 Å². The lowest BCUT2D eigenvalue weighted by Crippen LogP contribution is -2.48. The molecule has 1 aromatic heterocycles. The van der Waals surface area contributed by atoms with Crippen LogP contribution in [0, 0.1) is 0 Å². The molecule has 3 nitrogen and oxygen atoms in total. The number of pyridine rings is 1. The zero-order valence-electron chi connectivity index (χ0n) is 8.82. The van der Waals surface area contributed by atoms with Crippen LogP contribution < -0.4 is 4.74 Å². The summed E-state index contributed by atoms with van der Waals surface area (Å²) in [5.41, 5.74) is 0.447. The van der Waals surface area contributed by atoms with Crippen molar-refractivity contribution in [2.24, 2.45) is 0 Å². The van der Waals surface area contributed by atoms with Crippen molar-refractivity contribution < 1.29 is 9.13 Å². The zero-order chi connectivity index (χ0) is 10.7. The Balaban J connectivity index is 1.82. The van der Waals surface area contributed by atoms with Crippen molar-refractivity contribution in [3.8, 4) is 5.75 Å². The summed E-state index contributed by atoms with van der Waals surface area (Å²) in [6.07, 6.45) is 2.76. The quantitative estimate of drug-likeness (QED) is 0.755. The molecule has 0 radical (unpaired) electrons. The number of halogens is 1.